The van der Waals surface area contributed by atoms with Crippen LogP contribution in [-0.2, 0) is 12.2 Å². The minimum Gasteiger partial charge on any atom is -0.370 e. The molecule has 0 atom stereocenters. The van der Waals surface area contributed by atoms with Crippen LogP contribution in [0.3, 0.4) is 0 Å². The van der Waals surface area contributed by atoms with Gasteiger partial charge in [0.2, 0.25) is 0 Å². The van der Waals surface area contributed by atoms with Crippen molar-refractivity contribution in [2.45, 2.75) is 46.3 Å². The first kappa shape index (κ1) is 15.3. The summed E-state index contributed by atoms with van der Waals surface area (Å²) in [6.45, 7) is 9.75. The third-order valence-electron chi connectivity index (χ3n) is 2.43. The van der Waals surface area contributed by atoms with Gasteiger partial charge in [0.1, 0.15) is 11.6 Å². The fourth-order valence-electron chi connectivity index (χ4n) is 1.53. The van der Waals surface area contributed by atoms with Crippen LogP contribution in [0.2, 0.25) is 0 Å². The topological polar surface area (TPSA) is 37.8 Å². The summed E-state index contributed by atoms with van der Waals surface area (Å²) in [6.07, 6.45) is 2.08. The molecule has 0 bridgehead atoms. The summed E-state index contributed by atoms with van der Waals surface area (Å²) in [7, 11) is 0. The molecule has 0 fully saturated rings. The number of aryl methyl sites for hydroxylation is 1. The van der Waals surface area contributed by atoms with Crippen molar-refractivity contribution in [3.05, 3.63) is 17.6 Å². The Balaban J connectivity index is 2.64. The van der Waals surface area contributed by atoms with Crippen molar-refractivity contribution in [3.8, 4) is 0 Å². The molecule has 1 heterocycles. The van der Waals surface area contributed by atoms with Gasteiger partial charge < -0.3 is 5.32 Å². The zero-order chi connectivity index (χ0) is 13.4. The van der Waals surface area contributed by atoms with E-state index in [0.29, 0.717) is 0 Å². The summed E-state index contributed by atoms with van der Waals surface area (Å²) in [5.74, 6) is 4.73. The molecule has 0 saturated carbocycles. The average Bonchev–Trinajstić information content (AvgIpc) is 2.35. The average molecular weight is 267 g/mol. The molecule has 0 aliphatic rings. The number of nitrogens with one attached hydrogen (secondary N) is 1. The van der Waals surface area contributed by atoms with Crippen LogP contribution in [0.4, 0.5) is 5.82 Å². The highest BCUT2D eigenvalue weighted by atomic mass is 32.2. The normalized spacial score (nSPS) is 10.9. The van der Waals surface area contributed by atoms with E-state index in [1.807, 2.05) is 11.8 Å². The van der Waals surface area contributed by atoms with Crippen LogP contribution in [0.25, 0.3) is 0 Å². The smallest absolute Gasteiger partial charge is 0.140 e. The molecule has 1 N–H and O–H groups in total. The van der Waals surface area contributed by atoms with Crippen LogP contribution in [0, 0.1) is 5.92 Å². The van der Waals surface area contributed by atoms with Crippen LogP contribution in [-0.4, -0.2) is 22.3 Å². The molecule has 1 aromatic heterocycles. The van der Waals surface area contributed by atoms with Gasteiger partial charge in [-0.3, -0.25) is 0 Å². The summed E-state index contributed by atoms with van der Waals surface area (Å²) in [4.78, 5) is 9.16. The van der Waals surface area contributed by atoms with Gasteiger partial charge in [-0.15, -0.1) is 0 Å². The second-order valence-electron chi connectivity index (χ2n) is 4.85. The fourth-order valence-corrected chi connectivity index (χ4v) is 2.43. The van der Waals surface area contributed by atoms with E-state index < -0.39 is 0 Å². The van der Waals surface area contributed by atoms with Crippen molar-refractivity contribution in [3.63, 3.8) is 0 Å². The molecule has 0 unspecified atom stereocenters. The molecule has 1 rings (SSSR count). The van der Waals surface area contributed by atoms with E-state index in [1.54, 1.807) is 0 Å². The van der Waals surface area contributed by atoms with E-state index in [9.17, 15) is 0 Å². The molecule has 0 saturated heterocycles. The Morgan fingerprint density at radius 3 is 2.67 bits per heavy atom. The van der Waals surface area contributed by atoms with Crippen LogP contribution < -0.4 is 5.32 Å². The van der Waals surface area contributed by atoms with Gasteiger partial charge in [-0.1, -0.05) is 27.7 Å². The van der Waals surface area contributed by atoms with E-state index in [2.05, 4.69) is 49.0 Å². The van der Waals surface area contributed by atoms with Crippen molar-refractivity contribution in [1.82, 2.24) is 9.97 Å². The third-order valence-corrected chi connectivity index (χ3v) is 3.79. The van der Waals surface area contributed by atoms with Gasteiger partial charge in [0.05, 0.1) is 5.75 Å². The number of thioether (sulfide) groups is 1. The SMILES string of the molecule is CCCNc1cc(CC)nc(CSCC(C)C)n1. The van der Waals surface area contributed by atoms with Crippen LogP contribution in [0.5, 0.6) is 0 Å². The van der Waals surface area contributed by atoms with E-state index in [4.69, 9.17) is 0 Å². The van der Waals surface area contributed by atoms with E-state index in [1.165, 1.54) is 0 Å². The maximum Gasteiger partial charge on any atom is 0.140 e. The molecule has 18 heavy (non-hydrogen) atoms. The van der Waals surface area contributed by atoms with Gasteiger partial charge in [0, 0.05) is 18.3 Å². The van der Waals surface area contributed by atoms with Crippen LogP contribution >= 0.6 is 11.8 Å². The molecule has 102 valence electrons. The van der Waals surface area contributed by atoms with E-state index in [0.717, 1.165) is 54.1 Å². The van der Waals surface area contributed by atoms with Crippen molar-refractivity contribution < 1.29 is 0 Å². The molecule has 0 radical (unpaired) electrons. The van der Waals surface area contributed by atoms with Gasteiger partial charge >= 0.3 is 0 Å². The monoisotopic (exact) mass is 267 g/mol. The Morgan fingerprint density at radius 2 is 2.06 bits per heavy atom. The molecule has 0 aliphatic carbocycles. The quantitative estimate of drug-likeness (QED) is 0.778. The fraction of sp³-hybridized carbons (Fsp3) is 0.714. The summed E-state index contributed by atoms with van der Waals surface area (Å²) in [5, 5.41) is 3.35. The number of aromatic nitrogens is 2. The first-order valence-electron chi connectivity index (χ1n) is 6.84. The van der Waals surface area contributed by atoms with Crippen molar-refractivity contribution in [1.29, 1.82) is 0 Å². The zero-order valence-electron chi connectivity index (χ0n) is 12.0. The standard InChI is InChI=1S/C14H25N3S/c1-5-7-15-13-8-12(6-2)16-14(17-13)10-18-9-11(3)4/h8,11H,5-7,9-10H2,1-4H3,(H,15,16,17). The highest BCUT2D eigenvalue weighted by molar-refractivity contribution is 7.98. The lowest BCUT2D eigenvalue weighted by Crippen LogP contribution is -2.07. The Bertz CT molecular complexity index is 353. The Hall–Kier alpha value is -0.770. The molecule has 4 heteroatoms. The summed E-state index contributed by atoms with van der Waals surface area (Å²) in [5.41, 5.74) is 1.13. The van der Waals surface area contributed by atoms with Crippen LogP contribution in [0.15, 0.2) is 6.07 Å². The first-order valence-corrected chi connectivity index (χ1v) is 7.99. The molecule has 0 amide bonds. The summed E-state index contributed by atoms with van der Waals surface area (Å²) in [6, 6.07) is 2.06. The molecular formula is C14H25N3S. The Labute approximate surface area is 115 Å². The summed E-state index contributed by atoms with van der Waals surface area (Å²) >= 11 is 1.91. The Morgan fingerprint density at radius 1 is 1.28 bits per heavy atom. The minimum atomic E-state index is 0.724. The number of anilines is 1. The molecule has 0 aliphatic heterocycles. The van der Waals surface area contributed by atoms with Crippen molar-refractivity contribution >= 4 is 17.6 Å². The lowest BCUT2D eigenvalue weighted by molar-refractivity contribution is 0.749. The van der Waals surface area contributed by atoms with Gasteiger partial charge in [0.15, 0.2) is 0 Å². The number of rotatable bonds is 8. The first-order chi connectivity index (χ1) is 8.65. The highest BCUT2D eigenvalue weighted by Gasteiger charge is 2.04. The van der Waals surface area contributed by atoms with Crippen molar-refractivity contribution in [2.24, 2.45) is 5.92 Å². The molecule has 0 spiro atoms. The molecule has 3 nitrogen and oxygen atoms in total. The Kier molecular flexibility index (Phi) is 7.09. The second-order valence-corrected chi connectivity index (χ2v) is 5.88. The van der Waals surface area contributed by atoms with Crippen LogP contribution in [0.1, 0.15) is 45.6 Å². The predicted octanol–water partition coefficient (Wildman–Crippen LogP) is 3.75. The zero-order valence-corrected chi connectivity index (χ0v) is 12.8. The van der Waals surface area contributed by atoms with Gasteiger partial charge in [-0.05, 0) is 24.5 Å². The minimum absolute atomic E-state index is 0.724. The van der Waals surface area contributed by atoms with E-state index >= 15 is 0 Å². The van der Waals surface area contributed by atoms with E-state index in [-0.39, 0.29) is 0 Å². The lowest BCUT2D eigenvalue weighted by atomic mass is 10.3. The number of hydrogen-bond donors (Lipinski definition) is 1. The molecular weight excluding hydrogens is 242 g/mol. The third kappa shape index (κ3) is 5.71. The maximum absolute atomic E-state index is 4.58. The number of nitrogens with zero attached hydrogens (tertiary/aromatic N) is 2. The largest absolute Gasteiger partial charge is 0.370 e. The maximum atomic E-state index is 4.58. The number of hydrogen-bond acceptors (Lipinski definition) is 4. The molecule has 0 aromatic carbocycles. The summed E-state index contributed by atoms with van der Waals surface area (Å²) < 4.78 is 0. The second kappa shape index (κ2) is 8.35. The highest BCUT2D eigenvalue weighted by Crippen LogP contribution is 2.15. The predicted molar refractivity (Wildman–Crippen MR) is 81.2 cm³/mol. The van der Waals surface area contributed by atoms with Gasteiger partial charge in [-0.25, -0.2) is 9.97 Å². The lowest BCUT2D eigenvalue weighted by Gasteiger charge is -2.09. The van der Waals surface area contributed by atoms with Gasteiger partial charge in [0.25, 0.3) is 0 Å². The van der Waals surface area contributed by atoms with Crippen molar-refractivity contribution in [2.75, 3.05) is 17.6 Å². The molecule has 1 aromatic rings. The van der Waals surface area contributed by atoms with Gasteiger partial charge in [-0.2, -0.15) is 11.8 Å².